The second-order valence-corrected chi connectivity index (χ2v) is 5.95. The lowest BCUT2D eigenvalue weighted by Crippen LogP contribution is -2.24. The molecule has 0 bridgehead atoms. The maximum absolute atomic E-state index is 14.1. The van der Waals surface area contributed by atoms with E-state index in [-0.39, 0.29) is 16.2 Å². The van der Waals surface area contributed by atoms with E-state index in [2.05, 4.69) is 0 Å². The van der Waals surface area contributed by atoms with Crippen LogP contribution in [0.2, 0.25) is 0 Å². The first-order chi connectivity index (χ1) is 9.06. The van der Waals surface area contributed by atoms with Gasteiger partial charge in [-0.1, -0.05) is 18.6 Å². The summed E-state index contributed by atoms with van der Waals surface area (Å²) >= 11 is 4.76. The van der Waals surface area contributed by atoms with Crippen LogP contribution in [-0.2, 0) is 0 Å². The molecule has 1 saturated carbocycles. The molecule has 19 heavy (non-hydrogen) atoms. The van der Waals surface area contributed by atoms with Gasteiger partial charge in [0.15, 0.2) is 0 Å². The first-order valence-corrected chi connectivity index (χ1v) is 7.01. The highest BCUT2D eigenvalue weighted by Gasteiger charge is 2.37. The van der Waals surface area contributed by atoms with E-state index in [0.29, 0.717) is 11.8 Å². The molecule has 0 amide bonds. The normalized spacial score (nSPS) is 25.7. The van der Waals surface area contributed by atoms with Gasteiger partial charge in [0.2, 0.25) is 0 Å². The molecule has 102 valence electrons. The number of hydrogen-bond acceptors (Lipinski definition) is 2. The van der Waals surface area contributed by atoms with Crippen LogP contribution in [0.25, 0.3) is 0 Å². The number of nitrogens with two attached hydrogens (primary N) is 1. The van der Waals surface area contributed by atoms with E-state index in [1.807, 2.05) is 4.90 Å². The monoisotopic (exact) mass is 282 g/mol. The van der Waals surface area contributed by atoms with E-state index in [1.165, 1.54) is 31.4 Å². The molecule has 1 heterocycles. The minimum atomic E-state index is -0.567. The molecule has 3 rings (SSSR count). The molecule has 2 nitrogen and oxygen atoms in total. The second-order valence-electron chi connectivity index (χ2n) is 5.51. The average molecular weight is 282 g/mol. The van der Waals surface area contributed by atoms with Gasteiger partial charge < -0.3 is 10.6 Å². The largest absolute Gasteiger partial charge is 0.389 e. The van der Waals surface area contributed by atoms with Crippen LogP contribution < -0.4 is 10.6 Å². The summed E-state index contributed by atoms with van der Waals surface area (Å²) in [5.74, 6) is 0.0497. The fraction of sp³-hybridized carbons (Fsp3) is 0.500. The molecule has 1 saturated heterocycles. The number of thiocarbonyl (C=S) groups is 1. The summed E-state index contributed by atoms with van der Waals surface area (Å²) in [7, 11) is 0. The van der Waals surface area contributed by atoms with Crippen molar-refractivity contribution in [2.24, 2.45) is 17.6 Å². The van der Waals surface area contributed by atoms with Crippen molar-refractivity contribution in [3.05, 3.63) is 29.3 Å². The van der Waals surface area contributed by atoms with Gasteiger partial charge in [-0.15, -0.1) is 0 Å². The van der Waals surface area contributed by atoms with E-state index in [9.17, 15) is 8.78 Å². The van der Waals surface area contributed by atoms with Crippen LogP contribution in [0.3, 0.4) is 0 Å². The fourth-order valence-corrected chi connectivity index (χ4v) is 3.55. The predicted molar refractivity (Wildman–Crippen MR) is 75.3 cm³/mol. The van der Waals surface area contributed by atoms with Gasteiger partial charge in [0.1, 0.15) is 22.3 Å². The van der Waals surface area contributed by atoms with Gasteiger partial charge >= 0.3 is 0 Å². The van der Waals surface area contributed by atoms with E-state index >= 15 is 0 Å². The van der Waals surface area contributed by atoms with Gasteiger partial charge in [-0.05, 0) is 36.8 Å². The molecule has 1 aromatic rings. The van der Waals surface area contributed by atoms with E-state index < -0.39 is 11.6 Å². The molecule has 0 radical (unpaired) electrons. The van der Waals surface area contributed by atoms with Crippen LogP contribution in [0.1, 0.15) is 24.8 Å². The average Bonchev–Trinajstić information content (AvgIpc) is 2.88. The van der Waals surface area contributed by atoms with Gasteiger partial charge in [-0.2, -0.15) is 0 Å². The standard InChI is InChI=1S/C14H16F2N2S/c15-11-4-10(14(17)19)5-12(16)13(11)18-6-8-2-1-3-9(8)7-18/h4-5,8-9H,1-3,6-7H2,(H2,17,19). The Bertz CT molecular complexity index is 497. The van der Waals surface area contributed by atoms with Gasteiger partial charge in [0, 0.05) is 18.7 Å². The Hall–Kier alpha value is -1.23. The van der Waals surface area contributed by atoms with Crippen molar-refractivity contribution in [1.29, 1.82) is 0 Å². The van der Waals surface area contributed by atoms with Crippen molar-refractivity contribution in [3.8, 4) is 0 Å². The first-order valence-electron chi connectivity index (χ1n) is 6.60. The Labute approximate surface area is 116 Å². The number of anilines is 1. The summed E-state index contributed by atoms with van der Waals surface area (Å²) in [5, 5.41) is 0. The summed E-state index contributed by atoms with van der Waals surface area (Å²) in [6.07, 6.45) is 3.60. The smallest absolute Gasteiger partial charge is 0.150 e. The van der Waals surface area contributed by atoms with Crippen LogP contribution in [0.5, 0.6) is 0 Å². The number of hydrogen-bond donors (Lipinski definition) is 1. The Kier molecular flexibility index (Phi) is 3.17. The molecule has 1 aliphatic heterocycles. The zero-order valence-electron chi connectivity index (χ0n) is 10.5. The zero-order chi connectivity index (χ0) is 13.6. The number of halogens is 2. The number of benzene rings is 1. The van der Waals surface area contributed by atoms with Crippen molar-refractivity contribution in [2.45, 2.75) is 19.3 Å². The minimum Gasteiger partial charge on any atom is -0.389 e. The highest BCUT2D eigenvalue weighted by Crippen LogP contribution is 2.40. The second kappa shape index (κ2) is 4.71. The van der Waals surface area contributed by atoms with Crippen molar-refractivity contribution in [2.75, 3.05) is 18.0 Å². The summed E-state index contributed by atoms with van der Waals surface area (Å²) in [6, 6.07) is 2.46. The van der Waals surface area contributed by atoms with E-state index in [4.69, 9.17) is 18.0 Å². The number of nitrogens with zero attached hydrogens (tertiary/aromatic N) is 1. The van der Waals surface area contributed by atoms with Gasteiger partial charge in [-0.25, -0.2) is 8.78 Å². The quantitative estimate of drug-likeness (QED) is 0.846. The highest BCUT2D eigenvalue weighted by molar-refractivity contribution is 7.80. The Balaban J connectivity index is 1.91. The zero-order valence-corrected chi connectivity index (χ0v) is 11.4. The Morgan fingerprint density at radius 2 is 1.68 bits per heavy atom. The van der Waals surface area contributed by atoms with E-state index in [1.54, 1.807) is 0 Å². The van der Waals surface area contributed by atoms with Crippen LogP contribution in [0, 0.1) is 23.5 Å². The molecule has 2 aliphatic rings. The third kappa shape index (κ3) is 2.20. The number of fused-ring (bicyclic) bond motifs is 1. The molecular formula is C14H16F2N2S. The SMILES string of the molecule is NC(=S)c1cc(F)c(N2CC3CCCC3C2)c(F)c1. The van der Waals surface area contributed by atoms with E-state index in [0.717, 1.165) is 13.1 Å². The van der Waals surface area contributed by atoms with Crippen molar-refractivity contribution >= 4 is 22.9 Å². The molecule has 5 heteroatoms. The molecule has 2 N–H and O–H groups in total. The maximum Gasteiger partial charge on any atom is 0.150 e. The van der Waals surface area contributed by atoms with Gasteiger partial charge in [0.25, 0.3) is 0 Å². The molecule has 2 atom stereocenters. The predicted octanol–water partition coefficient (Wildman–Crippen LogP) is 2.84. The Morgan fingerprint density at radius 1 is 1.16 bits per heavy atom. The van der Waals surface area contributed by atoms with Gasteiger partial charge in [0.05, 0.1) is 0 Å². The maximum atomic E-state index is 14.1. The fourth-order valence-electron chi connectivity index (χ4n) is 3.43. The first kappa shape index (κ1) is 12.8. The third-order valence-electron chi connectivity index (χ3n) is 4.34. The summed E-state index contributed by atoms with van der Waals surface area (Å²) in [6.45, 7) is 1.51. The van der Waals surface area contributed by atoms with Crippen LogP contribution in [-0.4, -0.2) is 18.1 Å². The highest BCUT2D eigenvalue weighted by atomic mass is 32.1. The molecule has 1 aliphatic carbocycles. The lowest BCUT2D eigenvalue weighted by atomic mass is 10.0. The summed E-state index contributed by atoms with van der Waals surface area (Å²) in [4.78, 5) is 1.85. The van der Waals surface area contributed by atoms with Crippen molar-refractivity contribution < 1.29 is 8.78 Å². The molecule has 2 unspecified atom stereocenters. The topological polar surface area (TPSA) is 29.3 Å². The molecule has 0 aromatic heterocycles. The van der Waals surface area contributed by atoms with Crippen molar-refractivity contribution in [1.82, 2.24) is 0 Å². The van der Waals surface area contributed by atoms with Crippen LogP contribution >= 0.6 is 12.2 Å². The summed E-state index contributed by atoms with van der Waals surface area (Å²) < 4.78 is 28.2. The minimum absolute atomic E-state index is 0.0163. The molecule has 0 spiro atoms. The lowest BCUT2D eigenvalue weighted by molar-refractivity contribution is 0.494. The molecule has 2 fully saturated rings. The van der Waals surface area contributed by atoms with Gasteiger partial charge in [-0.3, -0.25) is 0 Å². The molecule has 1 aromatic carbocycles. The molecular weight excluding hydrogens is 266 g/mol. The third-order valence-corrected chi connectivity index (χ3v) is 4.58. The van der Waals surface area contributed by atoms with Crippen LogP contribution in [0.4, 0.5) is 14.5 Å². The number of rotatable bonds is 2. The van der Waals surface area contributed by atoms with Crippen LogP contribution in [0.15, 0.2) is 12.1 Å². The Morgan fingerprint density at radius 3 is 2.16 bits per heavy atom. The lowest BCUT2D eigenvalue weighted by Gasteiger charge is -2.21. The summed E-state index contributed by atoms with van der Waals surface area (Å²) in [5.41, 5.74) is 5.74. The van der Waals surface area contributed by atoms with Crippen molar-refractivity contribution in [3.63, 3.8) is 0 Å².